The van der Waals surface area contributed by atoms with Gasteiger partial charge in [-0.2, -0.15) is 0 Å². The fraction of sp³-hybridized carbons (Fsp3) is 0.182. The molecule has 0 aromatic carbocycles. The Morgan fingerprint density at radius 3 is 3.20 bits per heavy atom. The second-order valence-electron chi connectivity index (χ2n) is 3.49. The number of fused-ring (bicyclic) bond motifs is 1. The molecule has 0 spiro atoms. The van der Waals surface area contributed by atoms with Crippen LogP contribution in [0, 0.1) is 0 Å². The Balaban J connectivity index is 1.89. The number of nitrogens with one attached hydrogen (secondary N) is 2. The molecule has 76 valence electrons. The van der Waals surface area contributed by atoms with E-state index in [9.17, 15) is 0 Å². The van der Waals surface area contributed by atoms with Crippen LogP contribution >= 0.6 is 11.3 Å². The maximum absolute atomic E-state index is 4.31. The third-order valence-corrected chi connectivity index (χ3v) is 3.49. The van der Waals surface area contributed by atoms with E-state index in [1.54, 1.807) is 11.3 Å². The zero-order valence-electron chi connectivity index (χ0n) is 8.10. The molecule has 0 radical (unpaired) electrons. The lowest BCUT2D eigenvalue weighted by molar-refractivity contribution is 0.810. The Morgan fingerprint density at radius 1 is 1.33 bits per heavy atom. The molecule has 3 heterocycles. The van der Waals surface area contributed by atoms with Gasteiger partial charge in [0, 0.05) is 17.6 Å². The van der Waals surface area contributed by atoms with Crippen LogP contribution in [-0.4, -0.2) is 11.5 Å². The van der Waals surface area contributed by atoms with Gasteiger partial charge in [0.25, 0.3) is 0 Å². The molecule has 1 atom stereocenters. The standard InChI is InChI=1S/C11H11N3S/c1-3-8-11(12-5-1)14-9(7-13-8)10-4-2-6-15-10/h1-6,9,13H,7H2,(H,12,14). The van der Waals surface area contributed by atoms with Crippen LogP contribution in [0.1, 0.15) is 10.9 Å². The molecule has 1 aliphatic heterocycles. The van der Waals surface area contributed by atoms with E-state index in [1.165, 1.54) is 4.88 Å². The highest BCUT2D eigenvalue weighted by Gasteiger charge is 2.19. The average Bonchev–Trinajstić information content (AvgIpc) is 2.82. The van der Waals surface area contributed by atoms with Gasteiger partial charge >= 0.3 is 0 Å². The van der Waals surface area contributed by atoms with Crippen molar-refractivity contribution in [3.05, 3.63) is 40.7 Å². The zero-order chi connectivity index (χ0) is 10.1. The van der Waals surface area contributed by atoms with Gasteiger partial charge < -0.3 is 10.6 Å². The first-order valence-electron chi connectivity index (χ1n) is 4.92. The minimum Gasteiger partial charge on any atom is -0.380 e. The van der Waals surface area contributed by atoms with E-state index >= 15 is 0 Å². The third-order valence-electron chi connectivity index (χ3n) is 2.50. The smallest absolute Gasteiger partial charge is 0.149 e. The molecule has 15 heavy (non-hydrogen) atoms. The second-order valence-corrected chi connectivity index (χ2v) is 4.47. The first-order chi connectivity index (χ1) is 7.43. The van der Waals surface area contributed by atoms with Crippen molar-refractivity contribution < 1.29 is 0 Å². The topological polar surface area (TPSA) is 37.0 Å². The van der Waals surface area contributed by atoms with Crippen molar-refractivity contribution >= 4 is 22.8 Å². The van der Waals surface area contributed by atoms with Crippen molar-refractivity contribution in [2.24, 2.45) is 0 Å². The number of thiophene rings is 1. The summed E-state index contributed by atoms with van der Waals surface area (Å²) >= 11 is 1.77. The summed E-state index contributed by atoms with van der Waals surface area (Å²) in [5.74, 6) is 0.946. The first kappa shape index (κ1) is 8.73. The van der Waals surface area contributed by atoms with Gasteiger partial charge in [0.2, 0.25) is 0 Å². The van der Waals surface area contributed by atoms with Crippen molar-refractivity contribution in [2.45, 2.75) is 6.04 Å². The lowest BCUT2D eigenvalue weighted by Crippen LogP contribution is -2.25. The number of nitrogens with zero attached hydrogens (tertiary/aromatic N) is 1. The predicted octanol–water partition coefficient (Wildman–Crippen LogP) is 2.72. The molecule has 0 bridgehead atoms. The summed E-state index contributed by atoms with van der Waals surface area (Å²) in [5.41, 5.74) is 1.09. The summed E-state index contributed by atoms with van der Waals surface area (Å²) in [7, 11) is 0. The maximum Gasteiger partial charge on any atom is 0.149 e. The van der Waals surface area contributed by atoms with Crippen LogP contribution in [-0.2, 0) is 0 Å². The molecule has 2 aromatic rings. The Kier molecular flexibility index (Phi) is 2.07. The van der Waals surface area contributed by atoms with Crippen LogP contribution in [0.4, 0.5) is 11.5 Å². The Morgan fingerprint density at radius 2 is 2.33 bits per heavy atom. The van der Waals surface area contributed by atoms with Crippen LogP contribution in [0.15, 0.2) is 35.8 Å². The van der Waals surface area contributed by atoms with E-state index in [0.717, 1.165) is 18.1 Å². The third kappa shape index (κ3) is 1.57. The van der Waals surface area contributed by atoms with E-state index in [0.29, 0.717) is 6.04 Å². The molecule has 0 saturated heterocycles. The monoisotopic (exact) mass is 217 g/mol. The van der Waals surface area contributed by atoms with E-state index in [1.807, 2.05) is 18.3 Å². The van der Waals surface area contributed by atoms with Gasteiger partial charge in [-0.3, -0.25) is 0 Å². The summed E-state index contributed by atoms with van der Waals surface area (Å²) in [5, 5.41) is 8.92. The molecular weight excluding hydrogens is 206 g/mol. The molecule has 3 rings (SSSR count). The fourth-order valence-electron chi connectivity index (χ4n) is 1.75. The van der Waals surface area contributed by atoms with Crippen molar-refractivity contribution in [3.63, 3.8) is 0 Å². The lowest BCUT2D eigenvalue weighted by atomic mass is 10.2. The minimum absolute atomic E-state index is 0.340. The molecule has 0 saturated carbocycles. The fourth-order valence-corrected chi connectivity index (χ4v) is 2.53. The van der Waals surface area contributed by atoms with Crippen LogP contribution in [0.2, 0.25) is 0 Å². The van der Waals surface area contributed by atoms with Gasteiger partial charge in [0.05, 0.1) is 11.7 Å². The highest BCUT2D eigenvalue weighted by atomic mass is 32.1. The molecule has 1 aliphatic rings. The summed E-state index contributed by atoms with van der Waals surface area (Å²) in [6, 6.07) is 8.55. The summed E-state index contributed by atoms with van der Waals surface area (Å²) < 4.78 is 0. The Bertz CT molecular complexity index is 453. The van der Waals surface area contributed by atoms with Crippen molar-refractivity contribution in [2.75, 3.05) is 17.2 Å². The highest BCUT2D eigenvalue weighted by molar-refractivity contribution is 7.10. The van der Waals surface area contributed by atoms with Gasteiger partial charge in [-0.05, 0) is 23.6 Å². The number of aromatic nitrogens is 1. The minimum atomic E-state index is 0.340. The van der Waals surface area contributed by atoms with Gasteiger partial charge in [0.15, 0.2) is 0 Å². The normalized spacial score (nSPS) is 18.8. The van der Waals surface area contributed by atoms with Crippen LogP contribution in [0.25, 0.3) is 0 Å². The number of hydrogen-bond donors (Lipinski definition) is 2. The maximum atomic E-state index is 4.31. The lowest BCUT2D eigenvalue weighted by Gasteiger charge is -2.26. The quantitative estimate of drug-likeness (QED) is 0.771. The molecule has 0 amide bonds. The SMILES string of the molecule is c1csc(C2CNc3cccnc3N2)c1. The van der Waals surface area contributed by atoms with Crippen LogP contribution in [0.5, 0.6) is 0 Å². The molecule has 2 aromatic heterocycles. The van der Waals surface area contributed by atoms with Gasteiger partial charge in [-0.25, -0.2) is 4.98 Å². The van der Waals surface area contributed by atoms with Crippen molar-refractivity contribution in [3.8, 4) is 0 Å². The molecule has 1 unspecified atom stereocenters. The zero-order valence-corrected chi connectivity index (χ0v) is 8.92. The van der Waals surface area contributed by atoms with E-state index in [-0.39, 0.29) is 0 Å². The Hall–Kier alpha value is -1.55. The second kappa shape index (κ2) is 3.55. The van der Waals surface area contributed by atoms with Gasteiger partial charge in [-0.1, -0.05) is 6.07 Å². The largest absolute Gasteiger partial charge is 0.380 e. The van der Waals surface area contributed by atoms with Gasteiger partial charge in [0.1, 0.15) is 5.82 Å². The summed E-state index contributed by atoms with van der Waals surface area (Å²) in [4.78, 5) is 5.66. The Labute approximate surface area is 92.2 Å². The number of rotatable bonds is 1. The van der Waals surface area contributed by atoms with E-state index in [4.69, 9.17) is 0 Å². The van der Waals surface area contributed by atoms with Crippen LogP contribution in [0.3, 0.4) is 0 Å². The molecule has 4 heteroatoms. The average molecular weight is 217 g/mol. The summed E-state index contributed by atoms with van der Waals surface area (Å²) in [6.07, 6.45) is 1.81. The van der Waals surface area contributed by atoms with E-state index in [2.05, 4.69) is 33.1 Å². The molecular formula is C11H11N3S. The van der Waals surface area contributed by atoms with Crippen molar-refractivity contribution in [1.29, 1.82) is 0 Å². The summed E-state index contributed by atoms with van der Waals surface area (Å²) in [6.45, 7) is 0.916. The molecule has 3 nitrogen and oxygen atoms in total. The first-order valence-corrected chi connectivity index (χ1v) is 5.80. The number of pyridine rings is 1. The number of hydrogen-bond acceptors (Lipinski definition) is 4. The molecule has 0 fully saturated rings. The molecule has 0 aliphatic carbocycles. The number of anilines is 2. The predicted molar refractivity (Wildman–Crippen MR) is 63.4 cm³/mol. The van der Waals surface area contributed by atoms with E-state index < -0.39 is 0 Å². The molecule has 2 N–H and O–H groups in total. The van der Waals surface area contributed by atoms with Crippen LogP contribution < -0.4 is 10.6 Å². The van der Waals surface area contributed by atoms with Crippen molar-refractivity contribution in [1.82, 2.24) is 4.98 Å². The van der Waals surface area contributed by atoms with Gasteiger partial charge in [-0.15, -0.1) is 11.3 Å². The highest BCUT2D eigenvalue weighted by Crippen LogP contribution is 2.30.